The van der Waals surface area contributed by atoms with E-state index in [-0.39, 0.29) is 12.7 Å². The van der Waals surface area contributed by atoms with Crippen LogP contribution in [0.1, 0.15) is 32.1 Å². The molecule has 5 nitrogen and oxygen atoms in total. The van der Waals surface area contributed by atoms with Gasteiger partial charge in [-0.05, 0) is 25.0 Å². The van der Waals surface area contributed by atoms with Gasteiger partial charge < -0.3 is 20.5 Å². The Balaban J connectivity index is 1.79. The monoisotopic (exact) mass is 306 g/mol. The molecule has 0 spiro atoms. The number of carbonyl (C=O) groups is 1. The van der Waals surface area contributed by atoms with Crippen molar-refractivity contribution in [3.8, 4) is 11.5 Å². The average molecular weight is 306 g/mol. The van der Waals surface area contributed by atoms with Crippen LogP contribution in [0.2, 0.25) is 0 Å². The number of fused-ring (bicyclic) bond motifs is 1. The molecular formula is C15H18N2O3S. The lowest BCUT2D eigenvalue weighted by molar-refractivity contribution is -0.123. The lowest BCUT2D eigenvalue weighted by Gasteiger charge is -2.34. The van der Waals surface area contributed by atoms with E-state index in [0.29, 0.717) is 22.2 Å². The number of carbonyl (C=O) groups excluding carboxylic acids is 1. The van der Waals surface area contributed by atoms with Crippen molar-refractivity contribution in [3.05, 3.63) is 18.2 Å². The van der Waals surface area contributed by atoms with E-state index >= 15 is 0 Å². The molecule has 1 saturated carbocycles. The Morgan fingerprint density at radius 1 is 1.19 bits per heavy atom. The van der Waals surface area contributed by atoms with E-state index in [1.165, 1.54) is 0 Å². The predicted molar refractivity (Wildman–Crippen MR) is 83.5 cm³/mol. The number of amides is 1. The van der Waals surface area contributed by atoms with Gasteiger partial charge in [-0.1, -0.05) is 31.5 Å². The first kappa shape index (κ1) is 14.1. The van der Waals surface area contributed by atoms with Gasteiger partial charge in [-0.3, -0.25) is 4.79 Å². The van der Waals surface area contributed by atoms with Crippen molar-refractivity contribution in [3.63, 3.8) is 0 Å². The van der Waals surface area contributed by atoms with Crippen LogP contribution in [0.3, 0.4) is 0 Å². The number of nitrogens with one attached hydrogen (secondary N) is 1. The first-order valence-electron chi connectivity index (χ1n) is 7.13. The molecule has 1 aliphatic heterocycles. The summed E-state index contributed by atoms with van der Waals surface area (Å²) in [6, 6.07) is 5.34. The number of thiocarbonyl (C=S) groups is 1. The van der Waals surface area contributed by atoms with Crippen LogP contribution in [0.5, 0.6) is 11.5 Å². The summed E-state index contributed by atoms with van der Waals surface area (Å²) < 4.78 is 10.6. The van der Waals surface area contributed by atoms with Crippen LogP contribution in [0.15, 0.2) is 18.2 Å². The molecule has 0 atom stereocenters. The average Bonchev–Trinajstić information content (AvgIpc) is 2.95. The number of hydrogen-bond acceptors (Lipinski definition) is 4. The molecule has 2 aliphatic rings. The summed E-state index contributed by atoms with van der Waals surface area (Å²) in [4.78, 5) is 13.0. The topological polar surface area (TPSA) is 73.6 Å². The molecular weight excluding hydrogens is 288 g/mol. The number of nitrogens with two attached hydrogens (primary N) is 1. The molecule has 1 fully saturated rings. The highest BCUT2D eigenvalue weighted by atomic mass is 32.1. The van der Waals surface area contributed by atoms with Crippen molar-refractivity contribution in [1.29, 1.82) is 0 Å². The highest BCUT2D eigenvalue weighted by Gasteiger charge is 2.42. The van der Waals surface area contributed by atoms with Crippen molar-refractivity contribution in [2.24, 2.45) is 11.1 Å². The lowest BCUT2D eigenvalue weighted by Crippen LogP contribution is -2.47. The van der Waals surface area contributed by atoms with E-state index < -0.39 is 5.41 Å². The highest BCUT2D eigenvalue weighted by Crippen LogP contribution is 2.39. The van der Waals surface area contributed by atoms with Crippen LogP contribution in [0, 0.1) is 5.41 Å². The molecule has 112 valence electrons. The lowest BCUT2D eigenvalue weighted by atomic mass is 9.73. The number of ether oxygens (including phenoxy) is 2. The normalized spacial score (nSPS) is 19.0. The highest BCUT2D eigenvalue weighted by molar-refractivity contribution is 7.80. The molecule has 1 aromatic rings. The molecule has 1 aromatic carbocycles. The van der Waals surface area contributed by atoms with Crippen molar-refractivity contribution in [2.75, 3.05) is 12.1 Å². The quantitative estimate of drug-likeness (QED) is 0.840. The van der Waals surface area contributed by atoms with Crippen LogP contribution >= 0.6 is 12.2 Å². The van der Waals surface area contributed by atoms with Crippen molar-refractivity contribution >= 4 is 28.8 Å². The summed E-state index contributed by atoms with van der Waals surface area (Å²) in [5, 5.41) is 2.92. The zero-order chi connectivity index (χ0) is 14.9. The molecule has 6 heteroatoms. The van der Waals surface area contributed by atoms with Crippen LogP contribution in [-0.2, 0) is 4.79 Å². The zero-order valence-electron chi connectivity index (χ0n) is 11.7. The first-order valence-corrected chi connectivity index (χ1v) is 7.54. The molecule has 0 unspecified atom stereocenters. The van der Waals surface area contributed by atoms with E-state index in [9.17, 15) is 4.79 Å². The minimum Gasteiger partial charge on any atom is -0.454 e. The minimum atomic E-state index is -0.718. The molecule has 3 rings (SSSR count). The van der Waals surface area contributed by atoms with Gasteiger partial charge in [-0.25, -0.2) is 0 Å². The van der Waals surface area contributed by atoms with Gasteiger partial charge in [-0.2, -0.15) is 0 Å². The molecule has 1 heterocycles. The fraction of sp³-hybridized carbons (Fsp3) is 0.467. The van der Waals surface area contributed by atoms with Gasteiger partial charge in [0.05, 0.1) is 10.4 Å². The summed E-state index contributed by atoms with van der Waals surface area (Å²) in [5.41, 5.74) is 5.83. The van der Waals surface area contributed by atoms with Gasteiger partial charge >= 0.3 is 0 Å². The maximum atomic E-state index is 12.7. The summed E-state index contributed by atoms with van der Waals surface area (Å²) in [7, 11) is 0. The fourth-order valence-electron chi connectivity index (χ4n) is 2.97. The summed E-state index contributed by atoms with van der Waals surface area (Å²) in [6.07, 6.45) is 4.52. The predicted octanol–water partition coefficient (Wildman–Crippen LogP) is 2.59. The van der Waals surface area contributed by atoms with Gasteiger partial charge in [0, 0.05) is 11.8 Å². The molecule has 0 saturated heterocycles. The molecule has 21 heavy (non-hydrogen) atoms. The van der Waals surface area contributed by atoms with E-state index in [0.717, 1.165) is 32.1 Å². The van der Waals surface area contributed by atoms with Gasteiger partial charge in [0.25, 0.3) is 0 Å². The van der Waals surface area contributed by atoms with Gasteiger partial charge in [0.15, 0.2) is 11.5 Å². The van der Waals surface area contributed by atoms with E-state index in [4.69, 9.17) is 27.4 Å². The number of anilines is 1. The number of rotatable bonds is 3. The summed E-state index contributed by atoms with van der Waals surface area (Å²) in [6.45, 7) is 0.212. The van der Waals surface area contributed by atoms with E-state index in [2.05, 4.69) is 5.32 Å². The SMILES string of the molecule is NC(=S)C1(C(=O)Nc2ccc3c(c2)OCO3)CCCCC1. The fourth-order valence-corrected chi connectivity index (χ4v) is 3.26. The van der Waals surface area contributed by atoms with Crippen LogP contribution in [0.25, 0.3) is 0 Å². The molecule has 3 N–H and O–H groups in total. The Bertz CT molecular complexity index is 582. The number of hydrogen-bond donors (Lipinski definition) is 2. The van der Waals surface area contributed by atoms with Crippen molar-refractivity contribution in [1.82, 2.24) is 0 Å². The second-order valence-corrected chi connectivity index (χ2v) is 5.97. The summed E-state index contributed by atoms with van der Waals surface area (Å²) >= 11 is 5.17. The third-order valence-corrected chi connectivity index (χ3v) is 4.63. The Morgan fingerprint density at radius 2 is 1.90 bits per heavy atom. The van der Waals surface area contributed by atoms with Gasteiger partial charge in [-0.15, -0.1) is 0 Å². The second kappa shape index (κ2) is 5.52. The van der Waals surface area contributed by atoms with E-state index in [1.807, 2.05) is 0 Å². The summed E-state index contributed by atoms with van der Waals surface area (Å²) in [5.74, 6) is 1.21. The third-order valence-electron chi connectivity index (χ3n) is 4.24. The Morgan fingerprint density at radius 3 is 2.62 bits per heavy atom. The smallest absolute Gasteiger partial charge is 0.237 e. The molecule has 0 aromatic heterocycles. The molecule has 1 aliphatic carbocycles. The minimum absolute atomic E-state index is 0.117. The molecule has 0 radical (unpaired) electrons. The van der Waals surface area contributed by atoms with Crippen molar-refractivity contribution < 1.29 is 14.3 Å². The Hall–Kier alpha value is -1.82. The van der Waals surface area contributed by atoms with Crippen LogP contribution < -0.4 is 20.5 Å². The second-order valence-electron chi connectivity index (χ2n) is 5.53. The van der Waals surface area contributed by atoms with Crippen LogP contribution in [0.4, 0.5) is 5.69 Å². The maximum Gasteiger partial charge on any atom is 0.237 e. The Kier molecular flexibility index (Phi) is 3.71. The van der Waals surface area contributed by atoms with E-state index in [1.54, 1.807) is 18.2 Å². The van der Waals surface area contributed by atoms with Crippen molar-refractivity contribution in [2.45, 2.75) is 32.1 Å². The third kappa shape index (κ3) is 2.55. The van der Waals surface area contributed by atoms with Gasteiger partial charge in [0.2, 0.25) is 12.7 Å². The standard InChI is InChI=1S/C15H18N2O3S/c16-13(21)15(6-2-1-3-7-15)14(18)17-10-4-5-11-12(8-10)20-9-19-11/h4-5,8H,1-3,6-7,9H2,(H2,16,21)(H,17,18). The molecule has 1 amide bonds. The van der Waals surface area contributed by atoms with Crippen LogP contribution in [-0.4, -0.2) is 17.7 Å². The Labute approximate surface area is 128 Å². The number of benzene rings is 1. The zero-order valence-corrected chi connectivity index (χ0v) is 12.5. The first-order chi connectivity index (χ1) is 10.1. The van der Waals surface area contributed by atoms with Gasteiger partial charge in [0.1, 0.15) is 0 Å². The molecule has 0 bridgehead atoms. The maximum absolute atomic E-state index is 12.7. The largest absolute Gasteiger partial charge is 0.454 e.